The van der Waals surface area contributed by atoms with Crippen LogP contribution in [-0.4, -0.2) is 36.0 Å². The highest BCUT2D eigenvalue weighted by Gasteiger charge is 2.21. The molecule has 1 aromatic heterocycles. The van der Waals surface area contributed by atoms with Gasteiger partial charge in [-0.2, -0.15) is 11.8 Å². The number of nitrogens with zero attached hydrogens (tertiary/aromatic N) is 1. The molecule has 0 aliphatic carbocycles. The Hall–Kier alpha value is -0.450. The van der Waals surface area contributed by atoms with Crippen LogP contribution in [0.1, 0.15) is 31.6 Å². The average Bonchev–Trinajstić information content (AvgIpc) is 3.00. The molecular formula is C15H26N2OS. The third kappa shape index (κ3) is 4.55. The number of hydrogen-bond donors (Lipinski definition) is 1. The van der Waals surface area contributed by atoms with Gasteiger partial charge < -0.3 is 9.73 Å². The molecule has 0 saturated carbocycles. The lowest BCUT2D eigenvalue weighted by Crippen LogP contribution is -2.31. The number of hydrogen-bond acceptors (Lipinski definition) is 4. The molecule has 0 spiro atoms. The molecule has 1 aromatic rings. The molecule has 108 valence electrons. The average molecular weight is 282 g/mol. The van der Waals surface area contributed by atoms with Gasteiger partial charge in [0, 0.05) is 23.9 Å². The second-order valence-corrected chi connectivity index (χ2v) is 6.98. The fraction of sp³-hybridized carbons (Fsp3) is 0.733. The van der Waals surface area contributed by atoms with Crippen LogP contribution in [0.4, 0.5) is 0 Å². The van der Waals surface area contributed by atoms with Gasteiger partial charge in [0.2, 0.25) is 0 Å². The maximum Gasteiger partial charge on any atom is 0.122 e. The van der Waals surface area contributed by atoms with Gasteiger partial charge in [-0.05, 0) is 37.8 Å². The van der Waals surface area contributed by atoms with Gasteiger partial charge in [0.1, 0.15) is 5.76 Å². The summed E-state index contributed by atoms with van der Waals surface area (Å²) in [5, 5.41) is 3.49. The Labute approximate surface area is 121 Å². The van der Waals surface area contributed by atoms with Crippen molar-refractivity contribution in [2.24, 2.45) is 5.92 Å². The summed E-state index contributed by atoms with van der Waals surface area (Å²) in [4.78, 5) is 2.44. The van der Waals surface area contributed by atoms with E-state index in [1.54, 1.807) is 0 Å². The van der Waals surface area contributed by atoms with Crippen LogP contribution in [-0.2, 0) is 13.1 Å². The molecule has 0 bridgehead atoms. The molecule has 1 fully saturated rings. The van der Waals surface area contributed by atoms with Gasteiger partial charge in [-0.25, -0.2) is 0 Å². The summed E-state index contributed by atoms with van der Waals surface area (Å²) in [5.41, 5.74) is 1.30. The summed E-state index contributed by atoms with van der Waals surface area (Å²) >= 11 is 2.06. The third-order valence-corrected chi connectivity index (χ3v) is 4.77. The van der Waals surface area contributed by atoms with Crippen LogP contribution in [0.5, 0.6) is 0 Å². The van der Waals surface area contributed by atoms with Crippen molar-refractivity contribution in [3.63, 3.8) is 0 Å². The van der Waals surface area contributed by atoms with E-state index in [-0.39, 0.29) is 0 Å². The zero-order chi connectivity index (χ0) is 13.7. The van der Waals surface area contributed by atoms with E-state index in [4.69, 9.17) is 4.42 Å². The first kappa shape index (κ1) is 14.9. The van der Waals surface area contributed by atoms with Crippen molar-refractivity contribution in [3.05, 3.63) is 23.7 Å². The Morgan fingerprint density at radius 3 is 3.05 bits per heavy atom. The lowest BCUT2D eigenvalue weighted by molar-refractivity contribution is 0.233. The van der Waals surface area contributed by atoms with Crippen LogP contribution in [0.3, 0.4) is 0 Å². The largest absolute Gasteiger partial charge is 0.468 e. The first-order valence-corrected chi connectivity index (χ1v) is 8.36. The number of thioether (sulfide) groups is 1. The van der Waals surface area contributed by atoms with Crippen molar-refractivity contribution < 1.29 is 4.42 Å². The van der Waals surface area contributed by atoms with Gasteiger partial charge in [0.15, 0.2) is 0 Å². The second-order valence-electron chi connectivity index (χ2n) is 5.83. The highest BCUT2D eigenvalue weighted by Crippen LogP contribution is 2.23. The van der Waals surface area contributed by atoms with E-state index in [2.05, 4.69) is 48.9 Å². The summed E-state index contributed by atoms with van der Waals surface area (Å²) < 4.78 is 5.66. The van der Waals surface area contributed by atoms with Gasteiger partial charge in [-0.15, -0.1) is 0 Å². The maximum atomic E-state index is 5.66. The Bertz CT molecular complexity index is 372. The minimum atomic E-state index is 0.688. The van der Waals surface area contributed by atoms with Crippen molar-refractivity contribution in [2.45, 2.75) is 39.4 Å². The molecule has 4 heteroatoms. The molecule has 1 N–H and O–H groups in total. The molecule has 1 unspecified atom stereocenters. The molecule has 19 heavy (non-hydrogen) atoms. The smallest absolute Gasteiger partial charge is 0.122 e. The van der Waals surface area contributed by atoms with Crippen LogP contribution >= 0.6 is 11.8 Å². The van der Waals surface area contributed by atoms with Crippen LogP contribution in [0, 0.1) is 5.92 Å². The Morgan fingerprint density at radius 1 is 1.53 bits per heavy atom. The number of rotatable bonds is 7. The van der Waals surface area contributed by atoms with Gasteiger partial charge >= 0.3 is 0 Å². The highest BCUT2D eigenvalue weighted by molar-refractivity contribution is 7.99. The van der Waals surface area contributed by atoms with E-state index in [0.717, 1.165) is 25.4 Å². The van der Waals surface area contributed by atoms with Gasteiger partial charge in [-0.1, -0.05) is 13.8 Å². The molecule has 1 aliphatic heterocycles. The van der Waals surface area contributed by atoms with Crippen LogP contribution in [0.15, 0.2) is 16.7 Å². The molecule has 2 rings (SSSR count). The topological polar surface area (TPSA) is 28.4 Å². The number of nitrogens with one attached hydrogen (secondary N) is 1. The van der Waals surface area contributed by atoms with Crippen molar-refractivity contribution in [1.82, 2.24) is 10.2 Å². The van der Waals surface area contributed by atoms with E-state index >= 15 is 0 Å². The second kappa shape index (κ2) is 7.36. The molecule has 0 amide bonds. The molecular weight excluding hydrogens is 256 g/mol. The highest BCUT2D eigenvalue weighted by atomic mass is 32.2. The Kier molecular flexibility index (Phi) is 5.79. The van der Waals surface area contributed by atoms with E-state index in [0.29, 0.717) is 12.0 Å². The van der Waals surface area contributed by atoms with E-state index in [1.807, 2.05) is 6.26 Å². The van der Waals surface area contributed by atoms with E-state index < -0.39 is 0 Å². The normalized spacial score (nSPS) is 19.7. The number of furan rings is 1. The third-order valence-electron chi connectivity index (χ3n) is 3.63. The van der Waals surface area contributed by atoms with Crippen molar-refractivity contribution in [3.8, 4) is 0 Å². The van der Waals surface area contributed by atoms with Crippen LogP contribution in [0.2, 0.25) is 0 Å². The summed E-state index contributed by atoms with van der Waals surface area (Å²) in [5.74, 6) is 4.37. The lowest BCUT2D eigenvalue weighted by Gasteiger charge is -2.22. The molecule has 2 heterocycles. The van der Waals surface area contributed by atoms with Crippen molar-refractivity contribution >= 4 is 11.8 Å². The molecule has 1 atom stereocenters. The van der Waals surface area contributed by atoms with Crippen LogP contribution in [0.25, 0.3) is 0 Å². The Morgan fingerprint density at radius 2 is 2.37 bits per heavy atom. The zero-order valence-electron chi connectivity index (χ0n) is 12.3. The standard InChI is InChI=1S/C15H26N2OS/c1-12(2)8-16-9-13-4-6-18-15(13)10-17(3)14-5-7-19-11-14/h4,6,12,14,16H,5,7-11H2,1-3H3. The molecule has 1 aliphatic rings. The summed E-state index contributed by atoms with van der Waals surface area (Å²) in [7, 11) is 2.21. The quantitative estimate of drug-likeness (QED) is 0.832. The predicted molar refractivity (Wildman–Crippen MR) is 82.4 cm³/mol. The molecule has 3 nitrogen and oxygen atoms in total. The lowest BCUT2D eigenvalue weighted by atomic mass is 10.2. The first-order chi connectivity index (χ1) is 9.16. The minimum absolute atomic E-state index is 0.688. The predicted octanol–water partition coefficient (Wildman–Crippen LogP) is 2.96. The molecule has 0 aromatic carbocycles. The summed E-state index contributed by atoms with van der Waals surface area (Å²) in [6, 6.07) is 2.81. The fourth-order valence-corrected chi connectivity index (χ4v) is 3.68. The summed E-state index contributed by atoms with van der Waals surface area (Å²) in [6.45, 7) is 7.36. The van der Waals surface area contributed by atoms with Gasteiger partial charge in [0.25, 0.3) is 0 Å². The fourth-order valence-electron chi connectivity index (χ4n) is 2.38. The van der Waals surface area contributed by atoms with E-state index in [9.17, 15) is 0 Å². The zero-order valence-corrected chi connectivity index (χ0v) is 13.1. The first-order valence-electron chi connectivity index (χ1n) is 7.20. The van der Waals surface area contributed by atoms with E-state index in [1.165, 1.54) is 23.5 Å². The van der Waals surface area contributed by atoms with Gasteiger partial charge in [-0.3, -0.25) is 4.90 Å². The monoisotopic (exact) mass is 282 g/mol. The molecule has 1 saturated heterocycles. The van der Waals surface area contributed by atoms with Gasteiger partial charge in [0.05, 0.1) is 12.8 Å². The SMILES string of the molecule is CC(C)CNCc1ccoc1CN(C)C1CCSC1. The Balaban J connectivity index is 1.84. The summed E-state index contributed by atoms with van der Waals surface area (Å²) in [6.07, 6.45) is 3.13. The van der Waals surface area contributed by atoms with Crippen LogP contribution < -0.4 is 5.32 Å². The molecule has 0 radical (unpaired) electrons. The minimum Gasteiger partial charge on any atom is -0.468 e. The van der Waals surface area contributed by atoms with Crippen molar-refractivity contribution in [1.29, 1.82) is 0 Å². The maximum absolute atomic E-state index is 5.66. The van der Waals surface area contributed by atoms with Crippen molar-refractivity contribution in [2.75, 3.05) is 25.1 Å².